The Bertz CT molecular complexity index is 1260. The van der Waals surface area contributed by atoms with Crippen molar-refractivity contribution in [2.24, 2.45) is 0 Å². The number of fused-ring (bicyclic) bond motifs is 1. The Balaban J connectivity index is 1.70. The first-order chi connectivity index (χ1) is 14.4. The highest BCUT2D eigenvalue weighted by molar-refractivity contribution is 7.15. The molecular weight excluding hydrogens is 400 g/mol. The summed E-state index contributed by atoms with van der Waals surface area (Å²) in [5.41, 5.74) is 3.20. The number of hydrogen-bond donors (Lipinski definition) is 2. The summed E-state index contributed by atoms with van der Waals surface area (Å²) in [6.07, 6.45) is 0.378. The average Bonchev–Trinajstić information content (AvgIpc) is 3.33. The maximum atomic E-state index is 13.2. The molecule has 0 aliphatic carbocycles. The Kier molecular flexibility index (Phi) is 5.33. The second-order valence-electron chi connectivity index (χ2n) is 6.85. The first-order valence-corrected chi connectivity index (χ1v) is 10.3. The number of nitrogens with one attached hydrogen (secondary N) is 2. The van der Waals surface area contributed by atoms with Crippen LogP contribution in [0.4, 0.5) is 11.4 Å². The molecule has 1 aromatic carbocycles. The van der Waals surface area contributed by atoms with Crippen molar-refractivity contribution in [3.05, 3.63) is 58.6 Å². The van der Waals surface area contributed by atoms with Crippen molar-refractivity contribution in [2.75, 3.05) is 10.6 Å². The van der Waals surface area contributed by atoms with E-state index < -0.39 is 0 Å². The predicted molar refractivity (Wildman–Crippen MR) is 118 cm³/mol. The number of benzene rings is 1. The quantitative estimate of drug-likeness (QED) is 0.464. The van der Waals surface area contributed by atoms with Crippen molar-refractivity contribution in [1.29, 1.82) is 0 Å². The number of hydrogen-bond acceptors (Lipinski definition) is 6. The van der Waals surface area contributed by atoms with E-state index in [2.05, 4.69) is 20.8 Å². The summed E-state index contributed by atoms with van der Waals surface area (Å²) in [6, 6.07) is 12.8. The Morgan fingerprint density at radius 3 is 2.53 bits per heavy atom. The lowest BCUT2D eigenvalue weighted by Gasteiger charge is -2.10. The van der Waals surface area contributed by atoms with Gasteiger partial charge in [0.2, 0.25) is 5.91 Å². The summed E-state index contributed by atoms with van der Waals surface area (Å²) < 4.78 is 5.35. The molecule has 30 heavy (non-hydrogen) atoms. The third kappa shape index (κ3) is 3.95. The lowest BCUT2D eigenvalue weighted by atomic mass is 10.1. The first-order valence-electron chi connectivity index (χ1n) is 9.49. The molecule has 2 amide bonds. The smallest absolute Gasteiger partial charge is 0.259 e. The zero-order chi connectivity index (χ0) is 21.3. The van der Waals surface area contributed by atoms with Crippen LogP contribution in [0.3, 0.4) is 0 Å². The number of amides is 2. The van der Waals surface area contributed by atoms with Crippen LogP contribution < -0.4 is 10.6 Å². The molecule has 0 bridgehead atoms. The number of thiophene rings is 1. The van der Waals surface area contributed by atoms with Crippen molar-refractivity contribution >= 4 is 45.6 Å². The summed E-state index contributed by atoms with van der Waals surface area (Å²) in [5.74, 6) is -0.396. The molecule has 0 fully saturated rings. The number of carbonyl (C=O) groups excluding carboxylic acids is 2. The minimum absolute atomic E-state index is 0.0923. The summed E-state index contributed by atoms with van der Waals surface area (Å²) >= 11 is 1.59. The molecule has 7 nitrogen and oxygen atoms in total. The van der Waals surface area contributed by atoms with Crippen LogP contribution in [0.2, 0.25) is 0 Å². The topological polar surface area (TPSA) is 97.1 Å². The van der Waals surface area contributed by atoms with E-state index in [4.69, 9.17) is 4.52 Å². The van der Waals surface area contributed by atoms with Crippen LogP contribution in [0.25, 0.3) is 21.7 Å². The second-order valence-corrected chi connectivity index (χ2v) is 8.14. The summed E-state index contributed by atoms with van der Waals surface area (Å²) in [5, 5.41) is 10.3. The summed E-state index contributed by atoms with van der Waals surface area (Å²) in [4.78, 5) is 31.4. The normalized spacial score (nSPS) is 10.9. The number of anilines is 2. The molecule has 0 saturated carbocycles. The van der Waals surface area contributed by atoms with Gasteiger partial charge in [0.15, 0.2) is 0 Å². The van der Waals surface area contributed by atoms with E-state index in [0.29, 0.717) is 45.8 Å². The zero-order valence-electron chi connectivity index (χ0n) is 16.8. The van der Waals surface area contributed by atoms with Gasteiger partial charge in [-0.05, 0) is 50.2 Å². The van der Waals surface area contributed by atoms with Gasteiger partial charge in [0.05, 0.1) is 27.2 Å². The molecule has 0 aliphatic rings. The molecule has 3 aromatic heterocycles. The number of aromatic nitrogens is 2. The SMILES string of the molecule is CCC(=O)Nc1cccc(NC(=O)c2cc(-c3ccc(C)s3)nc3onc(C)c23)c1. The average molecular weight is 420 g/mol. The molecule has 8 heteroatoms. The lowest BCUT2D eigenvalue weighted by molar-refractivity contribution is -0.115. The van der Waals surface area contributed by atoms with Crippen molar-refractivity contribution < 1.29 is 14.1 Å². The molecule has 0 saturated heterocycles. The first kappa shape index (κ1) is 19.8. The van der Waals surface area contributed by atoms with E-state index in [-0.39, 0.29) is 11.8 Å². The maximum absolute atomic E-state index is 13.2. The molecule has 2 N–H and O–H groups in total. The van der Waals surface area contributed by atoms with Crippen LogP contribution in [0.1, 0.15) is 34.3 Å². The second kappa shape index (κ2) is 8.08. The number of aryl methyl sites for hydroxylation is 2. The van der Waals surface area contributed by atoms with Gasteiger partial charge in [-0.15, -0.1) is 11.3 Å². The standard InChI is InChI=1S/C22H20N4O3S/c1-4-19(27)23-14-6-5-7-15(10-14)24-21(28)16-11-17(18-9-8-12(2)30-18)25-22-20(16)13(3)26-29-22/h5-11H,4H2,1-3H3,(H,23,27)(H,24,28). The number of pyridine rings is 1. The van der Waals surface area contributed by atoms with Gasteiger partial charge in [0.1, 0.15) is 0 Å². The molecule has 0 radical (unpaired) electrons. The van der Waals surface area contributed by atoms with Gasteiger partial charge in [-0.1, -0.05) is 18.1 Å². The monoisotopic (exact) mass is 420 g/mol. The van der Waals surface area contributed by atoms with Crippen LogP contribution in [0.15, 0.2) is 47.0 Å². The van der Waals surface area contributed by atoms with Crippen molar-refractivity contribution in [1.82, 2.24) is 10.1 Å². The van der Waals surface area contributed by atoms with Gasteiger partial charge in [0, 0.05) is 22.7 Å². The molecule has 0 atom stereocenters. The number of nitrogens with zero attached hydrogens (tertiary/aromatic N) is 2. The molecule has 0 spiro atoms. The molecule has 4 rings (SSSR count). The van der Waals surface area contributed by atoms with Gasteiger partial charge in [-0.3, -0.25) is 9.59 Å². The van der Waals surface area contributed by atoms with E-state index in [9.17, 15) is 9.59 Å². The maximum Gasteiger partial charge on any atom is 0.259 e. The van der Waals surface area contributed by atoms with Gasteiger partial charge < -0.3 is 15.2 Å². The summed E-state index contributed by atoms with van der Waals surface area (Å²) in [7, 11) is 0. The highest BCUT2D eigenvalue weighted by atomic mass is 32.1. The third-order valence-corrected chi connectivity index (χ3v) is 5.60. The lowest BCUT2D eigenvalue weighted by Crippen LogP contribution is -2.14. The minimum atomic E-state index is -0.304. The predicted octanol–water partition coefficient (Wildman–Crippen LogP) is 5.17. The molecular formula is C22H20N4O3S. The fourth-order valence-corrected chi connectivity index (χ4v) is 3.92. The van der Waals surface area contributed by atoms with E-state index in [1.807, 2.05) is 19.1 Å². The molecule has 3 heterocycles. The van der Waals surface area contributed by atoms with Gasteiger partial charge in [0.25, 0.3) is 11.6 Å². The Labute approximate surface area is 177 Å². The van der Waals surface area contributed by atoms with Crippen LogP contribution in [0.5, 0.6) is 0 Å². The van der Waals surface area contributed by atoms with Crippen LogP contribution in [0, 0.1) is 13.8 Å². The molecule has 4 aromatic rings. The molecule has 0 unspecified atom stereocenters. The van der Waals surface area contributed by atoms with Crippen LogP contribution in [-0.2, 0) is 4.79 Å². The summed E-state index contributed by atoms with van der Waals surface area (Å²) in [6.45, 7) is 5.58. The van der Waals surface area contributed by atoms with E-state index in [0.717, 1.165) is 9.75 Å². The number of rotatable bonds is 5. The zero-order valence-corrected chi connectivity index (χ0v) is 17.6. The number of carbonyl (C=O) groups is 2. The highest BCUT2D eigenvalue weighted by Gasteiger charge is 2.20. The van der Waals surface area contributed by atoms with Gasteiger partial charge in [-0.25, -0.2) is 4.98 Å². The molecule has 152 valence electrons. The van der Waals surface area contributed by atoms with Crippen molar-refractivity contribution in [3.63, 3.8) is 0 Å². The van der Waals surface area contributed by atoms with Crippen molar-refractivity contribution in [2.45, 2.75) is 27.2 Å². The Morgan fingerprint density at radius 1 is 1.07 bits per heavy atom. The van der Waals surface area contributed by atoms with Gasteiger partial charge >= 0.3 is 0 Å². The van der Waals surface area contributed by atoms with E-state index in [1.165, 1.54) is 0 Å². The van der Waals surface area contributed by atoms with E-state index >= 15 is 0 Å². The molecule has 0 aliphatic heterocycles. The minimum Gasteiger partial charge on any atom is -0.335 e. The van der Waals surface area contributed by atoms with Crippen molar-refractivity contribution in [3.8, 4) is 10.6 Å². The van der Waals surface area contributed by atoms with Crippen LogP contribution >= 0.6 is 11.3 Å². The largest absolute Gasteiger partial charge is 0.335 e. The van der Waals surface area contributed by atoms with E-state index in [1.54, 1.807) is 55.5 Å². The van der Waals surface area contributed by atoms with Gasteiger partial charge in [-0.2, -0.15) is 0 Å². The highest BCUT2D eigenvalue weighted by Crippen LogP contribution is 2.31. The fraction of sp³-hybridized carbons (Fsp3) is 0.182. The fourth-order valence-electron chi connectivity index (χ4n) is 3.09. The van der Waals surface area contributed by atoms with Crippen LogP contribution in [-0.4, -0.2) is 22.0 Å². The Hall–Kier alpha value is -3.52. The third-order valence-electron chi connectivity index (χ3n) is 4.58. The Morgan fingerprint density at radius 2 is 1.83 bits per heavy atom.